The number of anilines is 2. The maximum Gasteiger partial charge on any atom is 0.418 e. The molecule has 0 spiro atoms. The molecule has 1 aliphatic rings. The van der Waals surface area contributed by atoms with E-state index in [2.05, 4.69) is 10.6 Å². The van der Waals surface area contributed by atoms with E-state index in [0.717, 1.165) is 18.6 Å². The molecule has 0 aliphatic carbocycles. The molecule has 3 rings (SSSR count). The number of alkyl halides is 3. The fraction of sp³-hybridized carbons (Fsp3) is 0.294. The van der Waals surface area contributed by atoms with E-state index in [4.69, 9.17) is 9.15 Å². The van der Waals surface area contributed by atoms with E-state index in [1.54, 1.807) is 0 Å². The number of amides is 2. The van der Waals surface area contributed by atoms with Crippen LogP contribution in [0.3, 0.4) is 0 Å². The van der Waals surface area contributed by atoms with Crippen molar-refractivity contribution in [3.05, 3.63) is 47.9 Å². The standard InChI is InChI=1S/C17H15F3N2O4/c18-17(19,20)11-9-10(21-15(23)13-3-1-7-25-13)5-6-12(11)22-16(24)14-4-2-8-26-14/h2,4-6,8-9,13H,1,3,7H2,(H,21,23)(H,22,24)/t13-/m0/s1. The van der Waals surface area contributed by atoms with Crippen molar-refractivity contribution in [1.82, 2.24) is 0 Å². The van der Waals surface area contributed by atoms with Crippen molar-refractivity contribution >= 4 is 23.2 Å². The number of hydrogen-bond donors (Lipinski definition) is 2. The first-order chi connectivity index (χ1) is 12.3. The van der Waals surface area contributed by atoms with Crippen molar-refractivity contribution < 1.29 is 31.9 Å². The van der Waals surface area contributed by atoms with Gasteiger partial charge < -0.3 is 19.8 Å². The largest absolute Gasteiger partial charge is 0.459 e. The Morgan fingerprint density at radius 1 is 1.15 bits per heavy atom. The van der Waals surface area contributed by atoms with Crippen LogP contribution in [-0.4, -0.2) is 24.5 Å². The Hall–Kier alpha value is -2.81. The molecular weight excluding hydrogens is 353 g/mol. The quantitative estimate of drug-likeness (QED) is 0.863. The molecule has 2 aromatic rings. The van der Waals surface area contributed by atoms with Crippen LogP contribution in [0.1, 0.15) is 29.0 Å². The predicted molar refractivity (Wildman–Crippen MR) is 85.7 cm³/mol. The second-order valence-corrected chi connectivity index (χ2v) is 5.68. The molecule has 2 amide bonds. The molecule has 1 aromatic heterocycles. The van der Waals surface area contributed by atoms with Crippen LogP contribution in [0.4, 0.5) is 24.5 Å². The van der Waals surface area contributed by atoms with E-state index in [9.17, 15) is 22.8 Å². The van der Waals surface area contributed by atoms with Gasteiger partial charge in [-0.3, -0.25) is 9.59 Å². The summed E-state index contributed by atoms with van der Waals surface area (Å²) in [7, 11) is 0. The lowest BCUT2D eigenvalue weighted by atomic mass is 10.1. The second kappa shape index (κ2) is 7.20. The lowest BCUT2D eigenvalue weighted by molar-refractivity contribution is -0.137. The van der Waals surface area contributed by atoms with Crippen LogP contribution in [0.5, 0.6) is 0 Å². The van der Waals surface area contributed by atoms with Gasteiger partial charge in [-0.05, 0) is 43.2 Å². The summed E-state index contributed by atoms with van der Waals surface area (Å²) >= 11 is 0. The highest BCUT2D eigenvalue weighted by molar-refractivity contribution is 6.03. The van der Waals surface area contributed by atoms with Gasteiger partial charge in [-0.1, -0.05) is 0 Å². The molecule has 0 unspecified atom stereocenters. The van der Waals surface area contributed by atoms with Crippen LogP contribution >= 0.6 is 0 Å². The fourth-order valence-corrected chi connectivity index (χ4v) is 2.56. The maximum absolute atomic E-state index is 13.3. The van der Waals surface area contributed by atoms with Crippen LogP contribution in [0, 0.1) is 0 Å². The maximum atomic E-state index is 13.3. The van der Waals surface area contributed by atoms with Crippen molar-refractivity contribution in [3.63, 3.8) is 0 Å². The van der Waals surface area contributed by atoms with Gasteiger partial charge in [-0.15, -0.1) is 0 Å². The van der Waals surface area contributed by atoms with Crippen LogP contribution in [0.2, 0.25) is 0 Å². The summed E-state index contributed by atoms with van der Waals surface area (Å²) in [4.78, 5) is 23.9. The third-order valence-electron chi connectivity index (χ3n) is 3.81. The van der Waals surface area contributed by atoms with Gasteiger partial charge in [0.2, 0.25) is 0 Å². The van der Waals surface area contributed by atoms with Gasteiger partial charge >= 0.3 is 6.18 Å². The van der Waals surface area contributed by atoms with Gasteiger partial charge in [0.1, 0.15) is 6.10 Å². The van der Waals surface area contributed by atoms with Gasteiger partial charge in [0, 0.05) is 12.3 Å². The zero-order valence-electron chi connectivity index (χ0n) is 13.4. The molecule has 1 aromatic carbocycles. The summed E-state index contributed by atoms with van der Waals surface area (Å²) in [6.45, 7) is 0.448. The number of rotatable bonds is 4. The third kappa shape index (κ3) is 4.05. The zero-order chi connectivity index (χ0) is 18.7. The Morgan fingerprint density at radius 3 is 2.58 bits per heavy atom. The van der Waals surface area contributed by atoms with Crippen molar-refractivity contribution in [3.8, 4) is 0 Å². The van der Waals surface area contributed by atoms with Gasteiger partial charge in [0.15, 0.2) is 5.76 Å². The lowest BCUT2D eigenvalue weighted by Gasteiger charge is -2.16. The highest BCUT2D eigenvalue weighted by atomic mass is 19.4. The fourth-order valence-electron chi connectivity index (χ4n) is 2.56. The minimum atomic E-state index is -4.73. The first kappa shape index (κ1) is 18.0. The molecule has 1 saturated heterocycles. The number of carbonyl (C=O) groups is 2. The average molecular weight is 368 g/mol. The summed E-state index contributed by atoms with van der Waals surface area (Å²) in [5.74, 6) is -1.42. The highest BCUT2D eigenvalue weighted by Crippen LogP contribution is 2.37. The van der Waals surface area contributed by atoms with E-state index in [-0.39, 0.29) is 11.4 Å². The predicted octanol–water partition coefficient (Wildman–Crippen LogP) is 3.67. The van der Waals surface area contributed by atoms with E-state index in [0.29, 0.717) is 13.0 Å². The van der Waals surface area contributed by atoms with Crippen molar-refractivity contribution in [2.45, 2.75) is 25.1 Å². The molecular formula is C17H15F3N2O4. The molecule has 26 heavy (non-hydrogen) atoms. The molecule has 6 nitrogen and oxygen atoms in total. The second-order valence-electron chi connectivity index (χ2n) is 5.68. The SMILES string of the molecule is O=C(Nc1ccc(NC(=O)[C@@H]2CCCO2)cc1C(F)(F)F)c1ccco1. The topological polar surface area (TPSA) is 80.6 Å². The average Bonchev–Trinajstić information content (AvgIpc) is 3.29. The Balaban J connectivity index is 1.81. The Kier molecular flexibility index (Phi) is 4.99. The lowest BCUT2D eigenvalue weighted by Crippen LogP contribution is -2.27. The minimum Gasteiger partial charge on any atom is -0.459 e. The summed E-state index contributed by atoms with van der Waals surface area (Å²) in [6, 6.07) is 5.90. The zero-order valence-corrected chi connectivity index (χ0v) is 13.4. The molecule has 1 fully saturated rings. The third-order valence-corrected chi connectivity index (χ3v) is 3.81. The van der Waals surface area contributed by atoms with Crippen LogP contribution in [0.25, 0.3) is 0 Å². The molecule has 9 heteroatoms. The van der Waals surface area contributed by atoms with E-state index in [1.165, 1.54) is 24.5 Å². The summed E-state index contributed by atoms with van der Waals surface area (Å²) in [5.41, 5.74) is -1.55. The summed E-state index contributed by atoms with van der Waals surface area (Å²) in [6.07, 6.45) is -2.90. The van der Waals surface area contributed by atoms with Crippen LogP contribution < -0.4 is 10.6 Å². The monoisotopic (exact) mass is 368 g/mol. The summed E-state index contributed by atoms with van der Waals surface area (Å²) in [5, 5.41) is 4.57. The molecule has 2 N–H and O–H groups in total. The van der Waals surface area contributed by atoms with Crippen molar-refractivity contribution in [2.24, 2.45) is 0 Å². The molecule has 0 radical (unpaired) electrons. The molecule has 138 valence electrons. The Bertz CT molecular complexity index is 797. The smallest absolute Gasteiger partial charge is 0.418 e. The molecule has 2 heterocycles. The Morgan fingerprint density at radius 2 is 1.96 bits per heavy atom. The Labute approximate surface area is 146 Å². The van der Waals surface area contributed by atoms with E-state index in [1.807, 2.05) is 0 Å². The molecule has 0 saturated carbocycles. The van der Waals surface area contributed by atoms with Crippen LogP contribution in [0.15, 0.2) is 41.0 Å². The molecule has 1 aliphatic heterocycles. The van der Waals surface area contributed by atoms with Crippen molar-refractivity contribution in [1.29, 1.82) is 0 Å². The molecule has 0 bridgehead atoms. The van der Waals surface area contributed by atoms with Crippen LogP contribution in [-0.2, 0) is 15.7 Å². The normalized spacial score (nSPS) is 17.1. The van der Waals surface area contributed by atoms with Gasteiger partial charge in [-0.25, -0.2) is 0 Å². The van der Waals surface area contributed by atoms with E-state index >= 15 is 0 Å². The minimum absolute atomic E-state index is 0.0335. The van der Waals surface area contributed by atoms with E-state index < -0.39 is 35.3 Å². The van der Waals surface area contributed by atoms with Gasteiger partial charge in [0.25, 0.3) is 11.8 Å². The number of hydrogen-bond acceptors (Lipinski definition) is 4. The number of halogens is 3. The number of furan rings is 1. The number of carbonyl (C=O) groups excluding carboxylic acids is 2. The highest BCUT2D eigenvalue weighted by Gasteiger charge is 2.35. The van der Waals surface area contributed by atoms with Crippen molar-refractivity contribution in [2.75, 3.05) is 17.2 Å². The number of nitrogens with one attached hydrogen (secondary N) is 2. The van der Waals surface area contributed by atoms with Gasteiger partial charge in [0.05, 0.1) is 17.5 Å². The number of ether oxygens (including phenoxy) is 1. The first-order valence-electron chi connectivity index (χ1n) is 7.83. The first-order valence-corrected chi connectivity index (χ1v) is 7.83. The molecule has 1 atom stereocenters. The summed E-state index contributed by atoms with van der Waals surface area (Å²) < 4.78 is 50.1. The van der Waals surface area contributed by atoms with Gasteiger partial charge in [-0.2, -0.15) is 13.2 Å². The number of benzene rings is 1.